The minimum Gasteiger partial charge on any atom is -0.384 e. The van der Waals surface area contributed by atoms with Crippen molar-refractivity contribution in [3.05, 3.63) is 29.3 Å². The van der Waals surface area contributed by atoms with Gasteiger partial charge >= 0.3 is 0 Å². The molecule has 1 aromatic carbocycles. The molecular formula is C15H20N2O. The molecule has 2 N–H and O–H groups in total. The first-order valence-electron chi connectivity index (χ1n) is 6.95. The molecule has 1 fully saturated rings. The molecule has 0 spiro atoms. The van der Waals surface area contributed by atoms with Crippen LogP contribution in [-0.2, 0) is 6.42 Å². The predicted octanol–water partition coefficient (Wildman–Crippen LogP) is 2.37. The van der Waals surface area contributed by atoms with Crippen molar-refractivity contribution in [3.8, 4) is 0 Å². The third-order valence-electron chi connectivity index (χ3n) is 3.84. The highest BCUT2D eigenvalue weighted by Crippen LogP contribution is 2.25. The van der Waals surface area contributed by atoms with Crippen LogP contribution in [0.15, 0.2) is 18.2 Å². The van der Waals surface area contributed by atoms with Gasteiger partial charge in [0.2, 0.25) is 0 Å². The predicted molar refractivity (Wildman–Crippen MR) is 73.2 cm³/mol. The van der Waals surface area contributed by atoms with Crippen LogP contribution in [0.2, 0.25) is 0 Å². The summed E-state index contributed by atoms with van der Waals surface area (Å²) in [5.41, 5.74) is 3.33. The highest BCUT2D eigenvalue weighted by atomic mass is 16.1. The second-order valence-electron chi connectivity index (χ2n) is 5.31. The van der Waals surface area contributed by atoms with Crippen LogP contribution in [0.3, 0.4) is 0 Å². The summed E-state index contributed by atoms with van der Waals surface area (Å²) >= 11 is 0. The Kier molecular flexibility index (Phi) is 3.08. The van der Waals surface area contributed by atoms with Gasteiger partial charge in [-0.1, -0.05) is 6.92 Å². The fourth-order valence-electron chi connectivity index (χ4n) is 2.57. The van der Waals surface area contributed by atoms with Gasteiger partial charge in [0.05, 0.1) is 6.04 Å². The third kappa shape index (κ3) is 2.27. The maximum Gasteiger partial charge on any atom is 0.179 e. The lowest BCUT2D eigenvalue weighted by Gasteiger charge is -2.15. The molecule has 0 bridgehead atoms. The van der Waals surface area contributed by atoms with Gasteiger partial charge in [0, 0.05) is 23.8 Å². The summed E-state index contributed by atoms with van der Waals surface area (Å²) in [6.07, 6.45) is 4.34. The van der Waals surface area contributed by atoms with Crippen molar-refractivity contribution in [2.75, 3.05) is 11.9 Å². The van der Waals surface area contributed by atoms with Gasteiger partial charge in [0.25, 0.3) is 0 Å². The van der Waals surface area contributed by atoms with Gasteiger partial charge in [-0.25, -0.2) is 0 Å². The summed E-state index contributed by atoms with van der Waals surface area (Å²) in [4.78, 5) is 12.5. The smallest absolute Gasteiger partial charge is 0.179 e. The lowest BCUT2D eigenvalue weighted by atomic mass is 9.99. The summed E-state index contributed by atoms with van der Waals surface area (Å²) < 4.78 is 0. The summed E-state index contributed by atoms with van der Waals surface area (Å²) in [5, 5.41) is 6.77. The zero-order valence-corrected chi connectivity index (χ0v) is 10.8. The summed E-state index contributed by atoms with van der Waals surface area (Å²) in [5.74, 6) is 0.249. The maximum atomic E-state index is 12.5. The van der Waals surface area contributed by atoms with Crippen LogP contribution in [0.5, 0.6) is 0 Å². The Morgan fingerprint density at radius 2 is 2.33 bits per heavy atom. The number of fused-ring (bicyclic) bond motifs is 1. The average Bonchev–Trinajstić information content (AvgIpc) is 3.09. The number of Topliss-reactive ketones (excluding diaryl/α,β-unsaturated/α-hetero) is 1. The first-order chi connectivity index (χ1) is 8.78. The van der Waals surface area contributed by atoms with Gasteiger partial charge in [-0.2, -0.15) is 0 Å². The van der Waals surface area contributed by atoms with E-state index in [-0.39, 0.29) is 11.8 Å². The molecule has 3 rings (SSSR count). The van der Waals surface area contributed by atoms with Crippen LogP contribution in [0.1, 0.15) is 42.1 Å². The van der Waals surface area contributed by atoms with Crippen molar-refractivity contribution in [2.45, 2.75) is 44.7 Å². The molecule has 0 aromatic heterocycles. The lowest BCUT2D eigenvalue weighted by molar-refractivity contribution is 0.0939. The van der Waals surface area contributed by atoms with Crippen LogP contribution >= 0.6 is 0 Å². The fraction of sp³-hybridized carbons (Fsp3) is 0.533. The van der Waals surface area contributed by atoms with E-state index in [0.29, 0.717) is 6.04 Å². The van der Waals surface area contributed by atoms with Crippen molar-refractivity contribution < 1.29 is 4.79 Å². The van der Waals surface area contributed by atoms with E-state index in [4.69, 9.17) is 0 Å². The first kappa shape index (κ1) is 11.7. The topological polar surface area (TPSA) is 41.1 Å². The van der Waals surface area contributed by atoms with Crippen LogP contribution < -0.4 is 10.6 Å². The Bertz CT molecular complexity index is 466. The molecule has 1 aromatic rings. The van der Waals surface area contributed by atoms with Crippen LogP contribution in [0, 0.1) is 0 Å². The van der Waals surface area contributed by atoms with Gasteiger partial charge in [0.15, 0.2) is 5.78 Å². The van der Waals surface area contributed by atoms with E-state index >= 15 is 0 Å². The maximum absolute atomic E-state index is 12.5. The number of nitrogens with one attached hydrogen (secondary N) is 2. The minimum atomic E-state index is -0.00934. The largest absolute Gasteiger partial charge is 0.384 e. The SMILES string of the molecule is CCC(NC1CC1)C(=O)c1ccc2c(c1)CCN2. The Balaban J connectivity index is 1.77. The van der Waals surface area contributed by atoms with Crippen LogP contribution in [0.4, 0.5) is 5.69 Å². The quantitative estimate of drug-likeness (QED) is 0.781. The molecule has 0 radical (unpaired) electrons. The first-order valence-corrected chi connectivity index (χ1v) is 6.95. The number of hydrogen-bond donors (Lipinski definition) is 2. The molecule has 1 aliphatic heterocycles. The highest BCUT2D eigenvalue weighted by Gasteiger charge is 2.28. The molecule has 2 aliphatic rings. The second-order valence-corrected chi connectivity index (χ2v) is 5.31. The molecule has 3 heteroatoms. The number of hydrogen-bond acceptors (Lipinski definition) is 3. The van der Waals surface area contributed by atoms with Crippen molar-refractivity contribution in [3.63, 3.8) is 0 Å². The van der Waals surface area contributed by atoms with Gasteiger partial charge in [0.1, 0.15) is 0 Å². The number of carbonyl (C=O) groups is 1. The van der Waals surface area contributed by atoms with E-state index in [1.54, 1.807) is 0 Å². The van der Waals surface area contributed by atoms with Gasteiger partial charge < -0.3 is 10.6 Å². The van der Waals surface area contributed by atoms with E-state index in [0.717, 1.165) is 24.9 Å². The number of rotatable bonds is 5. The van der Waals surface area contributed by atoms with Crippen LogP contribution in [0.25, 0.3) is 0 Å². The second kappa shape index (κ2) is 4.73. The summed E-state index contributed by atoms with van der Waals surface area (Å²) in [6.45, 7) is 3.07. The monoisotopic (exact) mass is 244 g/mol. The number of anilines is 1. The average molecular weight is 244 g/mol. The van der Waals surface area contributed by atoms with E-state index in [1.807, 2.05) is 12.1 Å². The summed E-state index contributed by atoms with van der Waals surface area (Å²) in [7, 11) is 0. The molecule has 0 amide bonds. The zero-order valence-electron chi connectivity index (χ0n) is 10.8. The Morgan fingerprint density at radius 3 is 3.06 bits per heavy atom. The van der Waals surface area contributed by atoms with E-state index in [1.165, 1.54) is 24.1 Å². The molecule has 1 heterocycles. The van der Waals surface area contributed by atoms with Crippen LogP contribution in [-0.4, -0.2) is 24.4 Å². The van der Waals surface area contributed by atoms with Gasteiger partial charge in [-0.05, 0) is 49.4 Å². The molecule has 1 unspecified atom stereocenters. The van der Waals surface area contributed by atoms with E-state index in [9.17, 15) is 4.79 Å². The zero-order chi connectivity index (χ0) is 12.5. The molecule has 3 nitrogen and oxygen atoms in total. The number of carbonyl (C=O) groups excluding carboxylic acids is 1. The molecule has 96 valence electrons. The van der Waals surface area contributed by atoms with E-state index < -0.39 is 0 Å². The van der Waals surface area contributed by atoms with E-state index in [2.05, 4.69) is 23.6 Å². The van der Waals surface area contributed by atoms with Crippen molar-refractivity contribution in [1.82, 2.24) is 5.32 Å². The van der Waals surface area contributed by atoms with Gasteiger partial charge in [-0.15, -0.1) is 0 Å². The molecule has 1 saturated carbocycles. The summed E-state index contributed by atoms with van der Waals surface area (Å²) in [6, 6.07) is 6.63. The fourth-order valence-corrected chi connectivity index (χ4v) is 2.57. The Hall–Kier alpha value is -1.35. The molecular weight excluding hydrogens is 224 g/mol. The lowest BCUT2D eigenvalue weighted by Crippen LogP contribution is -2.37. The van der Waals surface area contributed by atoms with Crippen molar-refractivity contribution >= 4 is 11.5 Å². The third-order valence-corrected chi connectivity index (χ3v) is 3.84. The highest BCUT2D eigenvalue weighted by molar-refractivity contribution is 6.00. The van der Waals surface area contributed by atoms with Crippen molar-refractivity contribution in [2.24, 2.45) is 0 Å². The molecule has 1 aliphatic carbocycles. The standard InChI is InChI=1S/C15H20N2O/c1-2-13(17-12-4-5-12)15(18)11-3-6-14-10(9-11)7-8-16-14/h3,6,9,12-13,16-17H,2,4-5,7-8H2,1H3. The van der Waals surface area contributed by atoms with Gasteiger partial charge in [-0.3, -0.25) is 4.79 Å². The van der Waals surface area contributed by atoms with Crippen molar-refractivity contribution in [1.29, 1.82) is 0 Å². The molecule has 1 atom stereocenters. The number of ketones is 1. The Morgan fingerprint density at radius 1 is 1.50 bits per heavy atom. The normalized spacial score (nSPS) is 19.2. The number of benzene rings is 1. The Labute approximate surface area is 108 Å². The minimum absolute atomic E-state index is 0.00934. The molecule has 0 saturated heterocycles. The molecule has 18 heavy (non-hydrogen) atoms.